The molecule has 1 aromatic carbocycles. The topological polar surface area (TPSA) is 20.3 Å². The highest BCUT2D eigenvalue weighted by Gasteiger charge is 2.41. The zero-order valence-corrected chi connectivity index (χ0v) is 8.82. The summed E-state index contributed by atoms with van der Waals surface area (Å²) in [4.78, 5) is 12.8. The lowest BCUT2D eigenvalue weighted by Crippen LogP contribution is -2.37. The molecule has 2 rings (SSSR count). The Hall–Kier alpha value is -1.31. The largest absolute Gasteiger partial charge is 0.311 e. The minimum atomic E-state index is 0.0531. The zero-order chi connectivity index (χ0) is 10.3. The molecule has 0 saturated carbocycles. The number of nitrogens with zero attached hydrogens (tertiary/aromatic N) is 1. The van der Waals surface area contributed by atoms with Crippen molar-refractivity contribution in [3.8, 4) is 0 Å². The van der Waals surface area contributed by atoms with Crippen LogP contribution in [0.3, 0.4) is 0 Å². The number of rotatable bonds is 1. The van der Waals surface area contributed by atoms with Gasteiger partial charge in [0.25, 0.3) is 0 Å². The van der Waals surface area contributed by atoms with Crippen molar-refractivity contribution in [2.45, 2.75) is 32.2 Å². The molecule has 0 radical (unpaired) electrons. The van der Waals surface area contributed by atoms with E-state index in [0.29, 0.717) is 0 Å². The highest BCUT2D eigenvalue weighted by atomic mass is 16.1. The molecule has 1 aliphatic heterocycles. The summed E-state index contributed by atoms with van der Waals surface area (Å²) in [6, 6.07) is 8.35. The Morgan fingerprint density at radius 3 is 2.64 bits per heavy atom. The predicted octanol–water partition coefficient (Wildman–Crippen LogP) is 2.33. The van der Waals surface area contributed by atoms with Crippen molar-refractivity contribution in [1.29, 1.82) is 0 Å². The third-order valence-electron chi connectivity index (χ3n) is 3.45. The van der Waals surface area contributed by atoms with E-state index in [1.165, 1.54) is 5.56 Å². The SMILES string of the molecule is CC1N(C=O)c2ccccc2C1(C)C. The molecule has 0 N–H and O–H groups in total. The van der Waals surface area contributed by atoms with Gasteiger partial charge in [-0.1, -0.05) is 32.0 Å². The van der Waals surface area contributed by atoms with Crippen LogP contribution in [0, 0.1) is 0 Å². The molecular weight excluding hydrogens is 174 g/mol. The molecule has 0 fully saturated rings. The van der Waals surface area contributed by atoms with E-state index < -0.39 is 0 Å². The van der Waals surface area contributed by atoms with Gasteiger partial charge in [0.1, 0.15) is 0 Å². The molecule has 2 nitrogen and oxygen atoms in total. The van der Waals surface area contributed by atoms with Crippen LogP contribution in [-0.2, 0) is 10.2 Å². The normalized spacial score (nSPS) is 23.4. The minimum Gasteiger partial charge on any atom is -0.311 e. The molecule has 1 amide bonds. The molecule has 74 valence electrons. The number of benzene rings is 1. The molecule has 0 bridgehead atoms. The summed E-state index contributed by atoms with van der Waals surface area (Å²) in [7, 11) is 0. The summed E-state index contributed by atoms with van der Waals surface area (Å²) in [6.07, 6.45) is 0.929. The van der Waals surface area contributed by atoms with Crippen LogP contribution in [0.2, 0.25) is 0 Å². The molecular formula is C12H15NO. The van der Waals surface area contributed by atoms with Gasteiger partial charge >= 0.3 is 0 Å². The summed E-state index contributed by atoms with van der Waals surface area (Å²) in [6.45, 7) is 6.45. The fourth-order valence-electron chi connectivity index (χ4n) is 2.17. The van der Waals surface area contributed by atoms with Crippen molar-refractivity contribution < 1.29 is 4.79 Å². The molecule has 1 heterocycles. The van der Waals surface area contributed by atoms with Crippen LogP contribution in [0.15, 0.2) is 24.3 Å². The van der Waals surface area contributed by atoms with E-state index in [1.54, 1.807) is 0 Å². The van der Waals surface area contributed by atoms with Crippen LogP contribution >= 0.6 is 0 Å². The van der Waals surface area contributed by atoms with Gasteiger partial charge in [0.05, 0.1) is 0 Å². The molecule has 1 aliphatic rings. The summed E-state index contributed by atoms with van der Waals surface area (Å²) < 4.78 is 0. The Morgan fingerprint density at radius 2 is 2.00 bits per heavy atom. The van der Waals surface area contributed by atoms with Crippen LogP contribution in [-0.4, -0.2) is 12.5 Å². The van der Waals surface area contributed by atoms with Crippen LogP contribution < -0.4 is 4.90 Å². The van der Waals surface area contributed by atoms with Gasteiger partial charge in [-0.15, -0.1) is 0 Å². The quantitative estimate of drug-likeness (QED) is 0.621. The van der Waals surface area contributed by atoms with Gasteiger partial charge in [-0.2, -0.15) is 0 Å². The number of amides is 1. The first-order valence-electron chi connectivity index (χ1n) is 4.92. The van der Waals surface area contributed by atoms with Gasteiger partial charge in [-0.3, -0.25) is 4.79 Å². The Kier molecular flexibility index (Phi) is 1.88. The van der Waals surface area contributed by atoms with Crippen molar-refractivity contribution in [3.05, 3.63) is 29.8 Å². The highest BCUT2D eigenvalue weighted by molar-refractivity contribution is 5.82. The Balaban J connectivity index is 2.62. The Labute approximate surface area is 84.5 Å². The second-order valence-electron chi connectivity index (χ2n) is 4.43. The highest BCUT2D eigenvalue weighted by Crippen LogP contribution is 2.43. The third kappa shape index (κ3) is 0.999. The number of anilines is 1. The van der Waals surface area contributed by atoms with Crippen LogP contribution in [0.1, 0.15) is 26.3 Å². The van der Waals surface area contributed by atoms with Crippen molar-refractivity contribution in [2.75, 3.05) is 4.90 Å². The molecule has 2 heteroatoms. The third-order valence-corrected chi connectivity index (χ3v) is 3.45. The Bertz CT molecular complexity index is 370. The predicted molar refractivity (Wildman–Crippen MR) is 57.5 cm³/mol. The lowest BCUT2D eigenvalue weighted by molar-refractivity contribution is -0.107. The number of fused-ring (bicyclic) bond motifs is 1. The molecule has 1 atom stereocenters. The number of hydrogen-bond acceptors (Lipinski definition) is 1. The van der Waals surface area contributed by atoms with Gasteiger partial charge in [0, 0.05) is 17.1 Å². The summed E-state index contributed by atoms with van der Waals surface area (Å²) in [5.41, 5.74) is 2.37. The van der Waals surface area contributed by atoms with E-state index in [4.69, 9.17) is 0 Å². The monoisotopic (exact) mass is 189 g/mol. The fourth-order valence-corrected chi connectivity index (χ4v) is 2.17. The van der Waals surface area contributed by atoms with Crippen molar-refractivity contribution >= 4 is 12.1 Å². The first kappa shape index (κ1) is 9.25. The number of carbonyl (C=O) groups is 1. The van der Waals surface area contributed by atoms with E-state index >= 15 is 0 Å². The standard InChI is InChI=1S/C12H15NO/c1-9-12(2,3)10-6-4-5-7-11(10)13(9)8-14/h4-9H,1-3H3. The second-order valence-corrected chi connectivity index (χ2v) is 4.43. The minimum absolute atomic E-state index is 0.0531. The van der Waals surface area contributed by atoms with Crippen molar-refractivity contribution in [3.63, 3.8) is 0 Å². The number of para-hydroxylation sites is 1. The fraction of sp³-hybridized carbons (Fsp3) is 0.417. The molecule has 1 unspecified atom stereocenters. The van der Waals surface area contributed by atoms with E-state index in [9.17, 15) is 4.79 Å². The molecule has 0 spiro atoms. The Morgan fingerprint density at radius 1 is 1.36 bits per heavy atom. The average molecular weight is 189 g/mol. The van der Waals surface area contributed by atoms with Crippen molar-refractivity contribution in [1.82, 2.24) is 0 Å². The van der Waals surface area contributed by atoms with E-state index in [0.717, 1.165) is 12.1 Å². The van der Waals surface area contributed by atoms with Gasteiger partial charge in [0.2, 0.25) is 6.41 Å². The van der Waals surface area contributed by atoms with Crippen molar-refractivity contribution in [2.24, 2.45) is 0 Å². The number of carbonyl (C=O) groups excluding carboxylic acids is 1. The smallest absolute Gasteiger partial charge is 0.214 e. The maximum Gasteiger partial charge on any atom is 0.214 e. The average Bonchev–Trinajstić information content (AvgIpc) is 2.37. The van der Waals surface area contributed by atoms with Crippen LogP contribution in [0.5, 0.6) is 0 Å². The molecule has 1 aromatic rings. The molecule has 14 heavy (non-hydrogen) atoms. The first-order valence-corrected chi connectivity index (χ1v) is 4.92. The number of hydrogen-bond donors (Lipinski definition) is 0. The van der Waals surface area contributed by atoms with Crippen LogP contribution in [0.4, 0.5) is 5.69 Å². The van der Waals surface area contributed by atoms with E-state index in [-0.39, 0.29) is 11.5 Å². The van der Waals surface area contributed by atoms with E-state index in [1.807, 2.05) is 23.1 Å². The van der Waals surface area contributed by atoms with Gasteiger partial charge in [0.15, 0.2) is 0 Å². The molecule has 0 aliphatic carbocycles. The summed E-state index contributed by atoms with van der Waals surface area (Å²) in [5, 5.41) is 0. The lowest BCUT2D eigenvalue weighted by Gasteiger charge is -2.27. The zero-order valence-electron chi connectivity index (χ0n) is 8.82. The summed E-state index contributed by atoms with van der Waals surface area (Å²) >= 11 is 0. The van der Waals surface area contributed by atoms with Gasteiger partial charge < -0.3 is 4.90 Å². The van der Waals surface area contributed by atoms with Gasteiger partial charge in [-0.05, 0) is 18.6 Å². The van der Waals surface area contributed by atoms with E-state index in [2.05, 4.69) is 26.8 Å². The van der Waals surface area contributed by atoms with Gasteiger partial charge in [-0.25, -0.2) is 0 Å². The second kappa shape index (κ2) is 2.84. The molecule has 0 saturated heterocycles. The first-order chi connectivity index (χ1) is 6.59. The lowest BCUT2D eigenvalue weighted by atomic mass is 9.81. The maximum atomic E-state index is 11.0. The molecule has 0 aromatic heterocycles. The maximum absolute atomic E-state index is 11.0. The summed E-state index contributed by atoms with van der Waals surface area (Å²) in [5.74, 6) is 0. The van der Waals surface area contributed by atoms with Crippen LogP contribution in [0.25, 0.3) is 0 Å².